The van der Waals surface area contributed by atoms with Crippen LogP contribution < -0.4 is 0 Å². The average molecular weight is 449 g/mol. The number of nitrogens with zero attached hydrogens (tertiary/aromatic N) is 2. The lowest BCUT2D eigenvalue weighted by Crippen LogP contribution is -2.39. The van der Waals surface area contributed by atoms with Gasteiger partial charge in [0.05, 0.1) is 0 Å². The van der Waals surface area contributed by atoms with Gasteiger partial charge in [-0.25, -0.2) is 0 Å². The number of rotatable bonds is 24. The van der Waals surface area contributed by atoms with Crippen molar-refractivity contribution < 1.29 is 0 Å². The second-order valence-electron chi connectivity index (χ2n) is 10.4. The molecule has 0 spiro atoms. The highest BCUT2D eigenvalue weighted by molar-refractivity contribution is 4.97. The SMILES string of the molecule is CCCCCCCCCCN1C=CN(CCCCCCCCCC)C1CCCCCCC. The molecule has 190 valence electrons. The Morgan fingerprint density at radius 3 is 1.09 bits per heavy atom. The van der Waals surface area contributed by atoms with Crippen LogP contribution in [0.4, 0.5) is 0 Å². The van der Waals surface area contributed by atoms with E-state index < -0.39 is 0 Å². The van der Waals surface area contributed by atoms with Crippen LogP contribution in [0.3, 0.4) is 0 Å². The van der Waals surface area contributed by atoms with Crippen molar-refractivity contribution >= 4 is 0 Å². The van der Waals surface area contributed by atoms with E-state index in [9.17, 15) is 0 Å². The highest BCUT2D eigenvalue weighted by Gasteiger charge is 2.24. The molecule has 1 heterocycles. The van der Waals surface area contributed by atoms with Crippen LogP contribution in [-0.2, 0) is 0 Å². The van der Waals surface area contributed by atoms with E-state index >= 15 is 0 Å². The van der Waals surface area contributed by atoms with E-state index in [0.717, 1.165) is 0 Å². The fraction of sp³-hybridized carbons (Fsp3) is 0.933. The van der Waals surface area contributed by atoms with Crippen molar-refractivity contribution in [1.29, 1.82) is 0 Å². The molecule has 0 saturated heterocycles. The molecule has 2 heteroatoms. The molecule has 0 aromatic carbocycles. The summed E-state index contributed by atoms with van der Waals surface area (Å²) in [6.45, 7) is 9.46. The molecule has 0 aromatic heterocycles. The van der Waals surface area contributed by atoms with Gasteiger partial charge in [-0.15, -0.1) is 0 Å². The zero-order valence-corrected chi connectivity index (χ0v) is 22.6. The quantitative estimate of drug-likeness (QED) is 0.135. The van der Waals surface area contributed by atoms with Crippen LogP contribution in [0.5, 0.6) is 0 Å². The maximum Gasteiger partial charge on any atom is 0.101 e. The first-order valence-electron chi connectivity index (χ1n) is 15.0. The summed E-state index contributed by atoms with van der Waals surface area (Å²) in [5.74, 6) is 0. The molecule has 2 nitrogen and oxygen atoms in total. The van der Waals surface area contributed by atoms with Crippen LogP contribution in [-0.4, -0.2) is 29.1 Å². The van der Waals surface area contributed by atoms with Gasteiger partial charge in [-0.1, -0.05) is 136 Å². The van der Waals surface area contributed by atoms with Gasteiger partial charge in [-0.2, -0.15) is 0 Å². The maximum atomic E-state index is 2.68. The summed E-state index contributed by atoms with van der Waals surface area (Å²) in [5.41, 5.74) is 0. The largest absolute Gasteiger partial charge is 0.356 e. The normalized spacial score (nSPS) is 14.2. The lowest BCUT2D eigenvalue weighted by Gasteiger charge is -2.33. The number of unbranched alkanes of at least 4 members (excludes halogenated alkanes) is 18. The van der Waals surface area contributed by atoms with Gasteiger partial charge < -0.3 is 9.80 Å². The van der Waals surface area contributed by atoms with Crippen molar-refractivity contribution in [3.05, 3.63) is 12.4 Å². The highest BCUT2D eigenvalue weighted by Crippen LogP contribution is 2.23. The summed E-state index contributed by atoms with van der Waals surface area (Å²) >= 11 is 0. The number of hydrogen-bond donors (Lipinski definition) is 0. The molecule has 0 aliphatic carbocycles. The third-order valence-electron chi connectivity index (χ3n) is 7.32. The molecule has 0 amide bonds. The zero-order chi connectivity index (χ0) is 23.1. The van der Waals surface area contributed by atoms with Crippen LogP contribution in [0.25, 0.3) is 0 Å². The smallest absolute Gasteiger partial charge is 0.101 e. The molecule has 1 aliphatic heterocycles. The van der Waals surface area contributed by atoms with Crippen molar-refractivity contribution in [3.8, 4) is 0 Å². The monoisotopic (exact) mass is 448 g/mol. The first kappa shape index (κ1) is 29.4. The summed E-state index contributed by atoms with van der Waals surface area (Å²) < 4.78 is 0. The summed E-state index contributed by atoms with van der Waals surface area (Å²) in [7, 11) is 0. The van der Waals surface area contributed by atoms with Gasteiger partial charge in [0.1, 0.15) is 6.17 Å². The van der Waals surface area contributed by atoms with Gasteiger partial charge in [-0.3, -0.25) is 0 Å². The molecule has 32 heavy (non-hydrogen) atoms. The molecule has 0 fully saturated rings. The first-order chi connectivity index (χ1) is 15.8. The Morgan fingerprint density at radius 2 is 0.719 bits per heavy atom. The molecule has 0 unspecified atom stereocenters. The van der Waals surface area contributed by atoms with Crippen LogP contribution >= 0.6 is 0 Å². The van der Waals surface area contributed by atoms with Crippen molar-refractivity contribution in [2.24, 2.45) is 0 Å². The Labute approximate surface area is 203 Å². The predicted molar refractivity (Wildman–Crippen MR) is 145 cm³/mol. The minimum absolute atomic E-state index is 0.644. The Hall–Kier alpha value is -0.660. The highest BCUT2D eigenvalue weighted by atomic mass is 15.4. The molecular weight excluding hydrogens is 388 g/mol. The Morgan fingerprint density at radius 1 is 0.406 bits per heavy atom. The molecule has 0 saturated carbocycles. The Kier molecular flexibility index (Phi) is 20.3. The van der Waals surface area contributed by atoms with Gasteiger partial charge in [-0.05, 0) is 25.7 Å². The van der Waals surface area contributed by atoms with Gasteiger partial charge in [0.25, 0.3) is 0 Å². The van der Waals surface area contributed by atoms with E-state index in [4.69, 9.17) is 0 Å². The Balaban J connectivity index is 2.25. The maximum absolute atomic E-state index is 2.68. The van der Waals surface area contributed by atoms with E-state index in [2.05, 4.69) is 43.0 Å². The van der Waals surface area contributed by atoms with Gasteiger partial charge >= 0.3 is 0 Å². The second kappa shape index (κ2) is 22.1. The molecule has 0 radical (unpaired) electrons. The minimum Gasteiger partial charge on any atom is -0.356 e. The third kappa shape index (κ3) is 15.2. The van der Waals surface area contributed by atoms with E-state index in [1.54, 1.807) is 0 Å². The molecular formula is C30H60N2. The van der Waals surface area contributed by atoms with E-state index in [1.165, 1.54) is 154 Å². The van der Waals surface area contributed by atoms with Crippen LogP contribution in [0.2, 0.25) is 0 Å². The van der Waals surface area contributed by atoms with Gasteiger partial charge in [0.2, 0.25) is 0 Å². The molecule has 0 atom stereocenters. The predicted octanol–water partition coefficient (Wildman–Crippen LogP) is 10.0. The average Bonchev–Trinajstić information content (AvgIpc) is 3.18. The van der Waals surface area contributed by atoms with E-state index in [-0.39, 0.29) is 0 Å². The van der Waals surface area contributed by atoms with Crippen LogP contribution in [0, 0.1) is 0 Å². The molecule has 0 aromatic rings. The zero-order valence-electron chi connectivity index (χ0n) is 22.6. The molecule has 1 aliphatic rings. The summed E-state index contributed by atoms with van der Waals surface area (Å²) in [4.78, 5) is 5.36. The van der Waals surface area contributed by atoms with E-state index in [0.29, 0.717) is 6.17 Å². The number of hydrogen-bond acceptors (Lipinski definition) is 2. The summed E-state index contributed by atoms with van der Waals surface area (Å²) in [6.07, 6.45) is 36.5. The van der Waals surface area contributed by atoms with Crippen LogP contribution in [0.15, 0.2) is 12.4 Å². The van der Waals surface area contributed by atoms with Crippen molar-refractivity contribution in [2.45, 2.75) is 168 Å². The summed E-state index contributed by atoms with van der Waals surface area (Å²) in [5, 5.41) is 0. The van der Waals surface area contributed by atoms with Crippen molar-refractivity contribution in [2.75, 3.05) is 13.1 Å². The minimum atomic E-state index is 0.644. The lowest BCUT2D eigenvalue weighted by atomic mass is 10.1. The standard InChI is InChI=1S/C30H60N2/c1-4-7-10-13-15-17-20-23-26-31-28-29-32(30(31)25-22-19-12-9-6-3)27-24-21-18-16-14-11-8-5-2/h28-30H,4-27H2,1-3H3. The fourth-order valence-electron chi connectivity index (χ4n) is 5.13. The second-order valence-corrected chi connectivity index (χ2v) is 10.4. The first-order valence-corrected chi connectivity index (χ1v) is 15.0. The van der Waals surface area contributed by atoms with Crippen LogP contribution in [0.1, 0.15) is 162 Å². The molecule has 0 bridgehead atoms. The lowest BCUT2D eigenvalue weighted by molar-refractivity contribution is 0.135. The third-order valence-corrected chi connectivity index (χ3v) is 7.32. The van der Waals surface area contributed by atoms with Gasteiger partial charge in [0, 0.05) is 25.5 Å². The molecule has 0 N–H and O–H groups in total. The fourth-order valence-corrected chi connectivity index (χ4v) is 5.13. The van der Waals surface area contributed by atoms with Crippen molar-refractivity contribution in [3.63, 3.8) is 0 Å². The van der Waals surface area contributed by atoms with Crippen molar-refractivity contribution in [1.82, 2.24) is 9.80 Å². The topological polar surface area (TPSA) is 6.48 Å². The van der Waals surface area contributed by atoms with E-state index in [1.807, 2.05) is 0 Å². The molecule has 1 rings (SSSR count). The van der Waals surface area contributed by atoms with Gasteiger partial charge in [0.15, 0.2) is 0 Å². The Bertz CT molecular complexity index is 376. The summed E-state index contributed by atoms with van der Waals surface area (Å²) in [6, 6.07) is 0.